The Morgan fingerprint density at radius 1 is 1.24 bits per heavy atom. The van der Waals surface area contributed by atoms with Gasteiger partial charge in [-0.25, -0.2) is 9.97 Å². The third-order valence-electron chi connectivity index (χ3n) is 3.51. The van der Waals surface area contributed by atoms with Crippen LogP contribution in [0.15, 0.2) is 30.6 Å². The van der Waals surface area contributed by atoms with Crippen LogP contribution in [0.5, 0.6) is 0 Å². The Balaban J connectivity index is 2.17. The zero-order chi connectivity index (χ0) is 15.0. The molecule has 0 aliphatic carbocycles. The number of nitrogens with two attached hydrogens (primary N) is 1. The van der Waals surface area contributed by atoms with E-state index >= 15 is 0 Å². The van der Waals surface area contributed by atoms with Gasteiger partial charge in [0, 0.05) is 20.1 Å². The minimum absolute atomic E-state index is 0.124. The number of nitrogens with zero attached hydrogens (tertiary/aromatic N) is 5. The molecule has 0 saturated heterocycles. The maximum atomic E-state index is 11.3. The van der Waals surface area contributed by atoms with E-state index in [1.54, 1.807) is 0 Å². The van der Waals surface area contributed by atoms with Crippen molar-refractivity contribution in [1.29, 1.82) is 0 Å². The van der Waals surface area contributed by atoms with Crippen LogP contribution in [0.4, 0.5) is 28.7 Å². The van der Waals surface area contributed by atoms with E-state index in [2.05, 4.69) is 14.9 Å². The number of benzene rings is 1. The van der Waals surface area contributed by atoms with Gasteiger partial charge in [-0.15, -0.1) is 0 Å². The van der Waals surface area contributed by atoms with Gasteiger partial charge in [0.1, 0.15) is 6.33 Å². The van der Waals surface area contributed by atoms with E-state index in [1.165, 1.54) is 6.33 Å². The average molecular weight is 286 g/mol. The second kappa shape index (κ2) is 4.89. The monoisotopic (exact) mass is 286 g/mol. The number of fused-ring (bicyclic) bond motifs is 1. The minimum atomic E-state index is -0.536. The van der Waals surface area contributed by atoms with E-state index in [0.717, 1.165) is 17.9 Å². The molecule has 0 atom stereocenters. The number of hydrogen-bond donors (Lipinski definition) is 1. The zero-order valence-corrected chi connectivity index (χ0v) is 11.4. The number of anilines is 4. The number of para-hydroxylation sites is 2. The average Bonchev–Trinajstić information content (AvgIpc) is 2.47. The number of aromatic nitrogens is 2. The van der Waals surface area contributed by atoms with E-state index in [4.69, 9.17) is 5.73 Å². The minimum Gasteiger partial charge on any atom is -0.378 e. The lowest BCUT2D eigenvalue weighted by Crippen LogP contribution is -2.37. The Morgan fingerprint density at radius 2 is 1.95 bits per heavy atom. The lowest BCUT2D eigenvalue weighted by atomic mass is 10.1. The molecule has 2 heterocycles. The van der Waals surface area contributed by atoms with Gasteiger partial charge in [0.05, 0.1) is 16.3 Å². The molecule has 2 aromatic rings. The standard InChI is InChI=1S/C13H14N6O2/c1-17-6-7-18(10-5-3-2-4-9(10)17)13-11(19(20)21)12(14)15-8-16-13/h2-5,8H,6-7H2,1H3,(H2,14,15,16). The molecule has 0 spiro atoms. The molecular formula is C13H14N6O2. The SMILES string of the molecule is CN1CCN(c2ncnc(N)c2[N+](=O)[O-])c2ccccc21. The zero-order valence-electron chi connectivity index (χ0n) is 11.4. The van der Waals surface area contributed by atoms with Crippen LogP contribution in [0.3, 0.4) is 0 Å². The fourth-order valence-electron chi connectivity index (χ4n) is 2.48. The van der Waals surface area contributed by atoms with Crippen LogP contribution in [0, 0.1) is 10.1 Å². The number of rotatable bonds is 2. The second-order valence-corrected chi connectivity index (χ2v) is 4.75. The van der Waals surface area contributed by atoms with Crippen molar-refractivity contribution in [2.24, 2.45) is 0 Å². The Labute approximate surface area is 121 Å². The first-order valence-corrected chi connectivity index (χ1v) is 6.42. The molecule has 0 saturated carbocycles. The van der Waals surface area contributed by atoms with Crippen LogP contribution in [0.1, 0.15) is 0 Å². The largest absolute Gasteiger partial charge is 0.378 e. The first-order valence-electron chi connectivity index (χ1n) is 6.42. The second-order valence-electron chi connectivity index (χ2n) is 4.75. The van der Waals surface area contributed by atoms with Gasteiger partial charge in [-0.2, -0.15) is 0 Å². The highest BCUT2D eigenvalue weighted by atomic mass is 16.6. The van der Waals surface area contributed by atoms with Gasteiger partial charge in [-0.3, -0.25) is 10.1 Å². The Kier molecular flexibility index (Phi) is 3.05. The summed E-state index contributed by atoms with van der Waals surface area (Å²) >= 11 is 0. The van der Waals surface area contributed by atoms with Crippen molar-refractivity contribution in [3.05, 3.63) is 40.7 Å². The first-order chi connectivity index (χ1) is 10.1. The van der Waals surface area contributed by atoms with Crippen LogP contribution in [0.25, 0.3) is 0 Å². The normalized spacial score (nSPS) is 14.0. The molecule has 0 fully saturated rings. The highest BCUT2D eigenvalue weighted by Crippen LogP contribution is 2.40. The maximum absolute atomic E-state index is 11.3. The molecule has 1 aliphatic heterocycles. The van der Waals surface area contributed by atoms with Crippen LogP contribution < -0.4 is 15.5 Å². The van der Waals surface area contributed by atoms with Crippen molar-refractivity contribution in [2.45, 2.75) is 0 Å². The van der Waals surface area contributed by atoms with E-state index in [9.17, 15) is 10.1 Å². The molecule has 108 valence electrons. The Morgan fingerprint density at radius 3 is 2.67 bits per heavy atom. The Bertz CT molecular complexity index is 705. The molecule has 1 aliphatic rings. The van der Waals surface area contributed by atoms with Crippen LogP contribution in [0.2, 0.25) is 0 Å². The highest BCUT2D eigenvalue weighted by Gasteiger charge is 2.30. The first kappa shape index (κ1) is 13.1. The summed E-state index contributed by atoms with van der Waals surface area (Å²) < 4.78 is 0. The molecule has 3 rings (SSSR count). The quantitative estimate of drug-likeness (QED) is 0.660. The van der Waals surface area contributed by atoms with E-state index in [1.807, 2.05) is 36.2 Å². The van der Waals surface area contributed by atoms with E-state index in [-0.39, 0.29) is 17.3 Å². The highest BCUT2D eigenvalue weighted by molar-refractivity contribution is 5.82. The van der Waals surface area contributed by atoms with Gasteiger partial charge in [-0.1, -0.05) is 12.1 Å². The summed E-state index contributed by atoms with van der Waals surface area (Å²) in [5, 5.41) is 11.3. The van der Waals surface area contributed by atoms with E-state index < -0.39 is 4.92 Å². The van der Waals surface area contributed by atoms with Crippen molar-refractivity contribution in [2.75, 3.05) is 35.7 Å². The molecule has 0 bridgehead atoms. The summed E-state index contributed by atoms with van der Waals surface area (Å²) in [4.78, 5) is 22.4. The number of nitrogen functional groups attached to an aromatic ring is 1. The van der Waals surface area contributed by atoms with Crippen LogP contribution in [-0.4, -0.2) is 35.0 Å². The third kappa shape index (κ3) is 2.10. The molecule has 2 N–H and O–H groups in total. The van der Waals surface area contributed by atoms with Gasteiger partial charge in [-0.05, 0) is 12.1 Å². The van der Waals surface area contributed by atoms with Crippen LogP contribution in [-0.2, 0) is 0 Å². The predicted octanol–water partition coefficient (Wildman–Crippen LogP) is 1.55. The lowest BCUT2D eigenvalue weighted by molar-refractivity contribution is -0.383. The predicted molar refractivity (Wildman–Crippen MR) is 79.8 cm³/mol. The molecule has 8 heteroatoms. The molecule has 1 aromatic carbocycles. The fraction of sp³-hybridized carbons (Fsp3) is 0.231. The molecule has 8 nitrogen and oxygen atoms in total. The molecule has 1 aromatic heterocycles. The van der Waals surface area contributed by atoms with Crippen LogP contribution >= 0.6 is 0 Å². The van der Waals surface area contributed by atoms with Gasteiger partial charge in [0.2, 0.25) is 11.6 Å². The summed E-state index contributed by atoms with van der Waals surface area (Å²) in [6, 6.07) is 7.70. The van der Waals surface area contributed by atoms with Gasteiger partial charge in [0.25, 0.3) is 0 Å². The topological polar surface area (TPSA) is 101 Å². The van der Waals surface area contributed by atoms with Crippen molar-refractivity contribution < 1.29 is 4.92 Å². The summed E-state index contributed by atoms with van der Waals surface area (Å²) in [5.74, 6) is 0.106. The van der Waals surface area contributed by atoms with Crippen molar-refractivity contribution in [3.63, 3.8) is 0 Å². The van der Waals surface area contributed by atoms with Gasteiger partial charge < -0.3 is 15.5 Å². The molecular weight excluding hydrogens is 272 g/mol. The van der Waals surface area contributed by atoms with Crippen molar-refractivity contribution in [1.82, 2.24) is 9.97 Å². The molecule has 21 heavy (non-hydrogen) atoms. The van der Waals surface area contributed by atoms with Crippen molar-refractivity contribution >= 4 is 28.7 Å². The summed E-state index contributed by atoms with van der Waals surface area (Å²) in [5.41, 5.74) is 7.26. The maximum Gasteiger partial charge on any atom is 0.353 e. The number of hydrogen-bond acceptors (Lipinski definition) is 7. The summed E-state index contributed by atoms with van der Waals surface area (Å²) in [6.07, 6.45) is 1.25. The Hall–Kier alpha value is -2.90. The molecule has 0 unspecified atom stereocenters. The summed E-state index contributed by atoms with van der Waals surface area (Å²) in [7, 11) is 1.99. The number of nitro groups is 1. The van der Waals surface area contributed by atoms with Crippen molar-refractivity contribution in [3.8, 4) is 0 Å². The number of likely N-dealkylation sites (N-methyl/N-ethyl adjacent to an activating group) is 1. The van der Waals surface area contributed by atoms with Gasteiger partial charge >= 0.3 is 5.69 Å². The van der Waals surface area contributed by atoms with E-state index in [0.29, 0.717) is 6.54 Å². The van der Waals surface area contributed by atoms with Gasteiger partial charge in [0.15, 0.2) is 0 Å². The summed E-state index contributed by atoms with van der Waals surface area (Å²) in [6.45, 7) is 1.32. The lowest BCUT2D eigenvalue weighted by Gasteiger charge is -2.35. The smallest absolute Gasteiger partial charge is 0.353 e. The molecule has 0 radical (unpaired) electrons. The fourth-order valence-corrected chi connectivity index (χ4v) is 2.48. The molecule has 0 amide bonds. The third-order valence-corrected chi connectivity index (χ3v) is 3.51.